The third kappa shape index (κ3) is 4.81. The average molecular weight is 438 g/mol. The van der Waals surface area contributed by atoms with E-state index in [4.69, 9.17) is 34.3 Å². The molecule has 9 heteroatoms. The highest BCUT2D eigenvalue weighted by molar-refractivity contribution is 7.80. The van der Waals surface area contributed by atoms with Crippen LogP contribution in [-0.4, -0.2) is 23.5 Å². The van der Waals surface area contributed by atoms with Gasteiger partial charge in [0.2, 0.25) is 0 Å². The Morgan fingerprint density at radius 2 is 2.07 bits per heavy atom. The highest BCUT2D eigenvalue weighted by Gasteiger charge is 2.24. The van der Waals surface area contributed by atoms with Crippen LogP contribution < -0.4 is 21.1 Å². The van der Waals surface area contributed by atoms with Crippen LogP contribution in [0.2, 0.25) is 5.02 Å². The lowest BCUT2D eigenvalue weighted by Crippen LogP contribution is -2.37. The Kier molecular flexibility index (Phi) is 6.53. The summed E-state index contributed by atoms with van der Waals surface area (Å²) in [7, 11) is 0. The quantitative estimate of drug-likeness (QED) is 0.621. The molecule has 0 radical (unpaired) electrons. The van der Waals surface area contributed by atoms with E-state index in [0.29, 0.717) is 21.3 Å². The highest BCUT2D eigenvalue weighted by Crippen LogP contribution is 2.37. The number of aryl methyl sites for hydroxylation is 2. The van der Waals surface area contributed by atoms with Crippen LogP contribution in [0.5, 0.6) is 5.75 Å². The van der Waals surface area contributed by atoms with Gasteiger partial charge < -0.3 is 15.8 Å². The first kappa shape index (κ1) is 20.6. The summed E-state index contributed by atoms with van der Waals surface area (Å²) in [5.74, 6) is -0.327. The summed E-state index contributed by atoms with van der Waals surface area (Å²) in [6, 6.07) is 5.15. The maximum Gasteiger partial charge on any atom is 0.264 e. The Hall–Kier alpha value is -2.16. The van der Waals surface area contributed by atoms with Gasteiger partial charge >= 0.3 is 0 Å². The van der Waals surface area contributed by atoms with Crippen LogP contribution in [0.1, 0.15) is 39.2 Å². The molecule has 1 aliphatic rings. The van der Waals surface area contributed by atoms with E-state index in [1.54, 1.807) is 18.2 Å². The minimum Gasteiger partial charge on any atom is -0.483 e. The van der Waals surface area contributed by atoms with Gasteiger partial charge in [0.15, 0.2) is 11.7 Å². The van der Waals surface area contributed by atoms with E-state index >= 15 is 0 Å². The molecule has 0 bridgehead atoms. The van der Waals surface area contributed by atoms with Crippen molar-refractivity contribution >= 4 is 57.1 Å². The van der Waals surface area contributed by atoms with Crippen LogP contribution in [0, 0.1) is 6.92 Å². The standard InChI is InChI=1S/C19H20ClN3O3S2/c1-10-8-11(20)6-7-13(10)26-9-15(24)22-19(27)23-18-16(17(21)25)12-4-2-3-5-14(12)28-18/h6-8H,2-5,9H2,1H3,(H2,21,25)(H2,22,23,24,27). The number of ether oxygens (including phenoxy) is 1. The average Bonchev–Trinajstić information content (AvgIpc) is 2.98. The van der Waals surface area contributed by atoms with Crippen molar-refractivity contribution in [2.24, 2.45) is 5.73 Å². The van der Waals surface area contributed by atoms with Crippen molar-refractivity contribution in [3.63, 3.8) is 0 Å². The van der Waals surface area contributed by atoms with Gasteiger partial charge in [-0.1, -0.05) is 11.6 Å². The fraction of sp³-hybridized carbons (Fsp3) is 0.316. The number of fused-ring (bicyclic) bond motifs is 1. The van der Waals surface area contributed by atoms with Gasteiger partial charge in [-0.05, 0) is 74.2 Å². The lowest BCUT2D eigenvalue weighted by molar-refractivity contribution is -0.121. The zero-order valence-corrected chi connectivity index (χ0v) is 17.7. The molecule has 28 heavy (non-hydrogen) atoms. The third-order valence-corrected chi connectivity index (χ3v) is 6.04. The number of nitrogens with one attached hydrogen (secondary N) is 2. The Morgan fingerprint density at radius 1 is 1.32 bits per heavy atom. The maximum absolute atomic E-state index is 12.1. The van der Waals surface area contributed by atoms with Crippen molar-refractivity contribution < 1.29 is 14.3 Å². The van der Waals surface area contributed by atoms with Crippen molar-refractivity contribution in [2.75, 3.05) is 11.9 Å². The number of hydrogen-bond acceptors (Lipinski definition) is 5. The molecule has 148 valence electrons. The summed E-state index contributed by atoms with van der Waals surface area (Å²) in [5, 5.41) is 6.78. The lowest BCUT2D eigenvalue weighted by Gasteiger charge is -2.12. The second kappa shape index (κ2) is 8.89. The molecule has 1 heterocycles. The molecule has 0 atom stereocenters. The molecule has 4 N–H and O–H groups in total. The summed E-state index contributed by atoms with van der Waals surface area (Å²) in [6.07, 6.45) is 3.88. The van der Waals surface area contributed by atoms with E-state index < -0.39 is 11.8 Å². The summed E-state index contributed by atoms with van der Waals surface area (Å²) in [4.78, 5) is 25.2. The second-order valence-corrected chi connectivity index (χ2v) is 8.43. The van der Waals surface area contributed by atoms with E-state index in [2.05, 4.69) is 10.6 Å². The Balaban J connectivity index is 1.60. The highest BCUT2D eigenvalue weighted by atomic mass is 35.5. The van der Waals surface area contributed by atoms with Crippen LogP contribution in [-0.2, 0) is 17.6 Å². The molecule has 1 aromatic carbocycles. The first-order valence-corrected chi connectivity index (χ1v) is 10.4. The molecule has 3 rings (SSSR count). The summed E-state index contributed by atoms with van der Waals surface area (Å²) >= 11 is 12.6. The van der Waals surface area contributed by atoms with Gasteiger partial charge in [-0.25, -0.2) is 0 Å². The lowest BCUT2D eigenvalue weighted by atomic mass is 9.95. The third-order valence-electron chi connectivity index (χ3n) is 4.39. The number of carbonyl (C=O) groups is 2. The van der Waals surface area contributed by atoms with Crippen LogP contribution in [0.3, 0.4) is 0 Å². The zero-order chi connectivity index (χ0) is 20.3. The first-order valence-electron chi connectivity index (χ1n) is 8.79. The molecule has 0 saturated heterocycles. The summed E-state index contributed by atoms with van der Waals surface area (Å²) in [5.41, 5.74) is 7.87. The largest absolute Gasteiger partial charge is 0.483 e. The van der Waals surface area contributed by atoms with Crippen LogP contribution in [0.4, 0.5) is 5.00 Å². The number of rotatable bonds is 5. The van der Waals surface area contributed by atoms with E-state index in [9.17, 15) is 9.59 Å². The van der Waals surface area contributed by atoms with Crippen molar-refractivity contribution in [3.8, 4) is 5.75 Å². The number of nitrogens with two attached hydrogens (primary N) is 1. The predicted molar refractivity (Wildman–Crippen MR) is 116 cm³/mol. The van der Waals surface area contributed by atoms with Gasteiger partial charge in [0, 0.05) is 9.90 Å². The van der Waals surface area contributed by atoms with Gasteiger partial charge in [-0.15, -0.1) is 11.3 Å². The maximum atomic E-state index is 12.1. The van der Waals surface area contributed by atoms with Crippen LogP contribution >= 0.6 is 35.2 Å². The fourth-order valence-electron chi connectivity index (χ4n) is 3.13. The molecule has 0 saturated carbocycles. The molecule has 0 aliphatic heterocycles. The Labute approximate surface area is 177 Å². The first-order chi connectivity index (χ1) is 13.3. The molecule has 0 unspecified atom stereocenters. The number of halogens is 1. The van der Waals surface area contributed by atoms with Gasteiger partial charge in [0.05, 0.1) is 5.56 Å². The number of anilines is 1. The van der Waals surface area contributed by atoms with Gasteiger partial charge in [-0.2, -0.15) is 0 Å². The van der Waals surface area contributed by atoms with Gasteiger partial charge in [0.25, 0.3) is 11.8 Å². The summed E-state index contributed by atoms with van der Waals surface area (Å²) < 4.78 is 5.50. The molecule has 2 amide bonds. The number of primary amides is 1. The second-order valence-electron chi connectivity index (χ2n) is 6.48. The Morgan fingerprint density at radius 3 is 2.79 bits per heavy atom. The molecular formula is C19H20ClN3O3S2. The number of thiophene rings is 1. The molecular weight excluding hydrogens is 418 g/mol. The van der Waals surface area contributed by atoms with E-state index in [0.717, 1.165) is 41.7 Å². The molecule has 6 nitrogen and oxygen atoms in total. The SMILES string of the molecule is Cc1cc(Cl)ccc1OCC(=O)NC(=S)Nc1sc2c(c1C(N)=O)CCCC2. The normalized spacial score (nSPS) is 12.8. The van der Waals surface area contributed by atoms with E-state index in [1.165, 1.54) is 11.3 Å². The van der Waals surface area contributed by atoms with Crippen molar-refractivity contribution in [2.45, 2.75) is 32.6 Å². The van der Waals surface area contributed by atoms with Crippen LogP contribution in [0.15, 0.2) is 18.2 Å². The number of thiocarbonyl (C=S) groups is 1. The molecule has 1 aliphatic carbocycles. The monoisotopic (exact) mass is 437 g/mol. The fourth-order valence-corrected chi connectivity index (χ4v) is 4.94. The van der Waals surface area contributed by atoms with Crippen molar-refractivity contribution in [3.05, 3.63) is 44.8 Å². The molecule has 2 aromatic rings. The molecule has 1 aromatic heterocycles. The zero-order valence-electron chi connectivity index (χ0n) is 15.3. The number of benzene rings is 1. The van der Waals surface area contributed by atoms with Gasteiger partial charge in [-0.3, -0.25) is 14.9 Å². The minimum absolute atomic E-state index is 0.0996. The predicted octanol–water partition coefficient (Wildman–Crippen LogP) is 3.58. The van der Waals surface area contributed by atoms with Gasteiger partial charge in [0.1, 0.15) is 10.8 Å². The van der Waals surface area contributed by atoms with E-state index in [1.807, 2.05) is 6.92 Å². The number of carbonyl (C=O) groups excluding carboxylic acids is 2. The Bertz CT molecular complexity index is 943. The smallest absolute Gasteiger partial charge is 0.264 e. The van der Waals surface area contributed by atoms with Crippen molar-refractivity contribution in [1.82, 2.24) is 5.32 Å². The number of amides is 2. The topological polar surface area (TPSA) is 93.4 Å². The van der Waals surface area contributed by atoms with E-state index in [-0.39, 0.29) is 11.7 Å². The number of hydrogen-bond donors (Lipinski definition) is 3. The molecule has 0 spiro atoms. The summed E-state index contributed by atoms with van der Waals surface area (Å²) in [6.45, 7) is 1.64. The molecule has 0 fully saturated rings. The van der Waals surface area contributed by atoms with Crippen LogP contribution in [0.25, 0.3) is 0 Å². The minimum atomic E-state index is -0.488. The van der Waals surface area contributed by atoms with Crippen molar-refractivity contribution in [1.29, 1.82) is 0 Å².